The van der Waals surface area contributed by atoms with Crippen molar-refractivity contribution in [1.82, 2.24) is 0 Å². The highest BCUT2D eigenvalue weighted by Gasteiger charge is 1.87. The van der Waals surface area contributed by atoms with E-state index in [9.17, 15) is 0 Å². The second kappa shape index (κ2) is 4.57. The normalized spacial score (nSPS) is 8.56. The van der Waals surface area contributed by atoms with Crippen molar-refractivity contribution in [2.75, 3.05) is 0 Å². The number of aryl methyl sites for hydroxylation is 1. The minimum atomic E-state index is 0. The van der Waals surface area contributed by atoms with E-state index >= 15 is 0 Å². The SMILES string of the molecule is C.CCCc1cccs1. The lowest BCUT2D eigenvalue weighted by Crippen LogP contribution is -1.71. The highest BCUT2D eigenvalue weighted by atomic mass is 32.1. The van der Waals surface area contributed by atoms with E-state index in [1.807, 2.05) is 11.3 Å². The average Bonchev–Trinajstić information content (AvgIpc) is 2.19. The van der Waals surface area contributed by atoms with Gasteiger partial charge in [-0.15, -0.1) is 11.3 Å². The first kappa shape index (κ1) is 8.70. The highest BCUT2D eigenvalue weighted by Crippen LogP contribution is 2.09. The van der Waals surface area contributed by atoms with Crippen LogP contribution in [0.15, 0.2) is 17.5 Å². The molecule has 0 aliphatic carbocycles. The first-order chi connectivity index (χ1) is 3.93. The molecule has 0 amide bonds. The van der Waals surface area contributed by atoms with Crippen molar-refractivity contribution in [3.63, 3.8) is 0 Å². The standard InChI is InChI=1S/C7H10S.CH4/c1-2-4-7-5-3-6-8-7;/h3,5-6H,2,4H2,1H3;1H4. The van der Waals surface area contributed by atoms with Crippen LogP contribution in [0.1, 0.15) is 25.6 Å². The molecule has 0 N–H and O–H groups in total. The highest BCUT2D eigenvalue weighted by molar-refractivity contribution is 7.09. The Kier molecular flexibility index (Phi) is 4.41. The Labute approximate surface area is 61.5 Å². The van der Waals surface area contributed by atoms with Gasteiger partial charge in [0.25, 0.3) is 0 Å². The topological polar surface area (TPSA) is 0 Å². The van der Waals surface area contributed by atoms with Gasteiger partial charge in [0, 0.05) is 4.88 Å². The van der Waals surface area contributed by atoms with Crippen molar-refractivity contribution in [2.45, 2.75) is 27.2 Å². The van der Waals surface area contributed by atoms with Gasteiger partial charge < -0.3 is 0 Å². The minimum absolute atomic E-state index is 0. The van der Waals surface area contributed by atoms with Gasteiger partial charge in [-0.25, -0.2) is 0 Å². The second-order valence-corrected chi connectivity index (χ2v) is 2.86. The summed E-state index contributed by atoms with van der Waals surface area (Å²) in [4.78, 5) is 1.51. The molecule has 0 unspecified atom stereocenters. The molecule has 9 heavy (non-hydrogen) atoms. The Hall–Kier alpha value is -0.300. The van der Waals surface area contributed by atoms with Crippen LogP contribution in [0.4, 0.5) is 0 Å². The fourth-order valence-corrected chi connectivity index (χ4v) is 1.51. The maximum absolute atomic E-state index is 2.21. The number of hydrogen-bond acceptors (Lipinski definition) is 1. The van der Waals surface area contributed by atoms with E-state index in [4.69, 9.17) is 0 Å². The van der Waals surface area contributed by atoms with Gasteiger partial charge in [0.1, 0.15) is 0 Å². The van der Waals surface area contributed by atoms with E-state index in [0.29, 0.717) is 0 Å². The van der Waals surface area contributed by atoms with Gasteiger partial charge in [0.15, 0.2) is 0 Å². The molecule has 0 aromatic carbocycles. The Bertz CT molecular complexity index is 130. The molecule has 0 nitrogen and oxygen atoms in total. The van der Waals surface area contributed by atoms with Gasteiger partial charge in [0.2, 0.25) is 0 Å². The van der Waals surface area contributed by atoms with Gasteiger partial charge in [-0.2, -0.15) is 0 Å². The van der Waals surface area contributed by atoms with E-state index in [2.05, 4.69) is 24.4 Å². The fraction of sp³-hybridized carbons (Fsp3) is 0.500. The molecule has 0 saturated heterocycles. The summed E-state index contributed by atoms with van der Waals surface area (Å²) in [5.74, 6) is 0. The molecule has 0 bridgehead atoms. The number of hydrogen-bond donors (Lipinski definition) is 0. The van der Waals surface area contributed by atoms with Gasteiger partial charge in [-0.05, 0) is 17.9 Å². The van der Waals surface area contributed by atoms with Gasteiger partial charge in [-0.3, -0.25) is 0 Å². The number of rotatable bonds is 2. The van der Waals surface area contributed by atoms with E-state index in [1.54, 1.807) is 0 Å². The molecule has 0 spiro atoms. The summed E-state index contributed by atoms with van der Waals surface area (Å²) in [6, 6.07) is 4.30. The summed E-state index contributed by atoms with van der Waals surface area (Å²) < 4.78 is 0. The summed E-state index contributed by atoms with van der Waals surface area (Å²) >= 11 is 1.85. The monoisotopic (exact) mass is 142 g/mol. The van der Waals surface area contributed by atoms with Crippen LogP contribution in [0.2, 0.25) is 0 Å². The predicted molar refractivity (Wildman–Crippen MR) is 45.0 cm³/mol. The lowest BCUT2D eigenvalue weighted by molar-refractivity contribution is 0.940. The van der Waals surface area contributed by atoms with Gasteiger partial charge in [-0.1, -0.05) is 26.8 Å². The summed E-state index contributed by atoms with van der Waals surface area (Å²) in [6.07, 6.45) is 2.51. The zero-order valence-electron chi connectivity index (χ0n) is 5.05. The molecule has 1 aromatic rings. The predicted octanol–water partition coefficient (Wildman–Crippen LogP) is 3.34. The molecule has 0 atom stereocenters. The quantitative estimate of drug-likeness (QED) is 0.594. The Morgan fingerprint density at radius 3 is 2.78 bits per heavy atom. The van der Waals surface area contributed by atoms with Crippen LogP contribution >= 0.6 is 11.3 Å². The smallest absolute Gasteiger partial charge is 0.00451 e. The van der Waals surface area contributed by atoms with Crippen molar-refractivity contribution in [2.24, 2.45) is 0 Å². The number of thiophene rings is 1. The fourth-order valence-electron chi connectivity index (χ4n) is 0.701. The summed E-state index contributed by atoms with van der Waals surface area (Å²) in [6.45, 7) is 2.21. The zero-order chi connectivity index (χ0) is 5.82. The first-order valence-corrected chi connectivity index (χ1v) is 3.84. The van der Waals surface area contributed by atoms with Crippen LogP contribution in [0, 0.1) is 0 Å². The first-order valence-electron chi connectivity index (χ1n) is 2.96. The molecule has 1 heterocycles. The van der Waals surface area contributed by atoms with Crippen LogP contribution in [-0.4, -0.2) is 0 Å². The lowest BCUT2D eigenvalue weighted by Gasteiger charge is -1.85. The zero-order valence-corrected chi connectivity index (χ0v) is 5.87. The Balaban J connectivity index is 0.000000640. The molecule has 1 heteroatoms. The van der Waals surface area contributed by atoms with E-state index in [0.717, 1.165) is 0 Å². The van der Waals surface area contributed by atoms with Gasteiger partial charge >= 0.3 is 0 Å². The maximum Gasteiger partial charge on any atom is 0.00451 e. The third-order valence-corrected chi connectivity index (χ3v) is 2.01. The maximum atomic E-state index is 2.21. The summed E-state index contributed by atoms with van der Waals surface area (Å²) in [5.41, 5.74) is 0. The van der Waals surface area contributed by atoms with Gasteiger partial charge in [0.05, 0.1) is 0 Å². The Morgan fingerprint density at radius 2 is 2.33 bits per heavy atom. The molecule has 0 fully saturated rings. The van der Waals surface area contributed by atoms with Crippen molar-refractivity contribution < 1.29 is 0 Å². The summed E-state index contributed by atoms with van der Waals surface area (Å²) in [7, 11) is 0. The largest absolute Gasteiger partial charge is 0.149 e. The molecule has 1 aromatic heterocycles. The van der Waals surface area contributed by atoms with E-state index in [1.165, 1.54) is 17.7 Å². The molecular formula is C8H14S. The molecule has 0 aliphatic heterocycles. The van der Waals surface area contributed by atoms with Crippen molar-refractivity contribution >= 4 is 11.3 Å². The third-order valence-electron chi connectivity index (χ3n) is 1.08. The molecule has 52 valence electrons. The van der Waals surface area contributed by atoms with Crippen LogP contribution in [0.3, 0.4) is 0 Å². The van der Waals surface area contributed by atoms with E-state index in [-0.39, 0.29) is 7.43 Å². The molecule has 0 saturated carbocycles. The third kappa shape index (κ3) is 2.66. The lowest BCUT2D eigenvalue weighted by atomic mass is 10.3. The van der Waals surface area contributed by atoms with E-state index < -0.39 is 0 Å². The van der Waals surface area contributed by atoms with Crippen LogP contribution in [0.5, 0.6) is 0 Å². The second-order valence-electron chi connectivity index (χ2n) is 1.83. The molecular weight excluding hydrogens is 128 g/mol. The molecule has 0 aliphatic rings. The molecule has 1 rings (SSSR count). The van der Waals surface area contributed by atoms with Crippen LogP contribution in [-0.2, 0) is 6.42 Å². The Morgan fingerprint density at radius 1 is 1.56 bits per heavy atom. The average molecular weight is 142 g/mol. The molecule has 0 radical (unpaired) electrons. The minimum Gasteiger partial charge on any atom is -0.149 e. The van der Waals surface area contributed by atoms with Crippen LogP contribution < -0.4 is 0 Å². The van der Waals surface area contributed by atoms with Crippen LogP contribution in [0.25, 0.3) is 0 Å². The van der Waals surface area contributed by atoms with Crippen molar-refractivity contribution in [1.29, 1.82) is 0 Å². The van der Waals surface area contributed by atoms with Crippen molar-refractivity contribution in [3.8, 4) is 0 Å². The summed E-state index contributed by atoms with van der Waals surface area (Å²) in [5, 5.41) is 2.13. The van der Waals surface area contributed by atoms with Crippen molar-refractivity contribution in [3.05, 3.63) is 22.4 Å².